The van der Waals surface area contributed by atoms with E-state index >= 15 is 0 Å². The number of hydrogen-bond acceptors (Lipinski definition) is 3. The first-order valence-electron chi connectivity index (χ1n) is 6.15. The Labute approximate surface area is 108 Å². The van der Waals surface area contributed by atoms with E-state index < -0.39 is 0 Å². The van der Waals surface area contributed by atoms with Gasteiger partial charge in [-0.1, -0.05) is 24.3 Å². The number of rotatable bonds is 6. The number of nitrogens with zero attached hydrogens (tertiary/aromatic N) is 1. The molecule has 1 unspecified atom stereocenters. The van der Waals surface area contributed by atoms with Crippen molar-refractivity contribution in [3.63, 3.8) is 0 Å². The van der Waals surface area contributed by atoms with Crippen molar-refractivity contribution in [2.45, 2.75) is 12.5 Å². The molecule has 1 aromatic carbocycles. The monoisotopic (exact) mass is 242 g/mol. The van der Waals surface area contributed by atoms with Gasteiger partial charge in [-0.2, -0.15) is 0 Å². The van der Waals surface area contributed by atoms with Gasteiger partial charge >= 0.3 is 0 Å². The van der Waals surface area contributed by atoms with Crippen LogP contribution in [0.1, 0.15) is 18.0 Å². The number of aromatic nitrogens is 1. The van der Waals surface area contributed by atoms with Gasteiger partial charge in [0.15, 0.2) is 0 Å². The molecule has 0 bridgehead atoms. The van der Waals surface area contributed by atoms with Gasteiger partial charge in [0.25, 0.3) is 0 Å². The van der Waals surface area contributed by atoms with E-state index in [0.29, 0.717) is 6.61 Å². The maximum absolute atomic E-state index is 5.70. The van der Waals surface area contributed by atoms with Crippen LogP contribution in [0.2, 0.25) is 0 Å². The average Bonchev–Trinajstić information content (AvgIpc) is 2.46. The van der Waals surface area contributed by atoms with Crippen LogP contribution in [-0.4, -0.2) is 18.6 Å². The van der Waals surface area contributed by atoms with Crippen molar-refractivity contribution in [2.75, 3.05) is 13.7 Å². The van der Waals surface area contributed by atoms with Crippen LogP contribution in [0.15, 0.2) is 54.9 Å². The third-order valence-corrected chi connectivity index (χ3v) is 2.85. The highest BCUT2D eigenvalue weighted by molar-refractivity contribution is 5.21. The lowest BCUT2D eigenvalue weighted by Crippen LogP contribution is -2.19. The van der Waals surface area contributed by atoms with E-state index in [4.69, 9.17) is 4.74 Å². The lowest BCUT2D eigenvalue weighted by Gasteiger charge is -2.16. The fourth-order valence-electron chi connectivity index (χ4n) is 1.87. The van der Waals surface area contributed by atoms with E-state index in [1.54, 1.807) is 6.20 Å². The molecule has 0 saturated carbocycles. The second-order valence-electron chi connectivity index (χ2n) is 4.08. The van der Waals surface area contributed by atoms with Crippen LogP contribution in [0.5, 0.6) is 5.75 Å². The Morgan fingerprint density at radius 1 is 1.17 bits per heavy atom. The average molecular weight is 242 g/mol. The Kier molecular flexibility index (Phi) is 4.73. The Morgan fingerprint density at radius 2 is 2.00 bits per heavy atom. The fraction of sp³-hybridized carbons (Fsp3) is 0.267. The zero-order valence-corrected chi connectivity index (χ0v) is 10.5. The summed E-state index contributed by atoms with van der Waals surface area (Å²) in [6, 6.07) is 14.2. The van der Waals surface area contributed by atoms with Crippen LogP contribution in [0, 0.1) is 0 Å². The molecule has 0 radical (unpaired) electrons. The van der Waals surface area contributed by atoms with Crippen molar-refractivity contribution in [1.82, 2.24) is 10.3 Å². The molecule has 1 N–H and O–H groups in total. The number of ether oxygens (including phenoxy) is 1. The lowest BCUT2D eigenvalue weighted by molar-refractivity contribution is 0.290. The van der Waals surface area contributed by atoms with E-state index in [1.807, 2.05) is 49.6 Å². The Balaban J connectivity index is 1.85. The molecule has 18 heavy (non-hydrogen) atoms. The van der Waals surface area contributed by atoms with Crippen molar-refractivity contribution in [1.29, 1.82) is 0 Å². The molecule has 0 spiro atoms. The molecule has 94 valence electrons. The molecule has 2 rings (SSSR count). The highest BCUT2D eigenvalue weighted by atomic mass is 16.5. The largest absolute Gasteiger partial charge is 0.494 e. The van der Waals surface area contributed by atoms with Gasteiger partial charge in [0.1, 0.15) is 5.75 Å². The molecule has 0 saturated heterocycles. The van der Waals surface area contributed by atoms with Crippen LogP contribution in [-0.2, 0) is 0 Å². The SMILES string of the molecule is CNC(CCOc1ccccc1)c1cccnc1. The first-order chi connectivity index (χ1) is 8.90. The smallest absolute Gasteiger partial charge is 0.119 e. The second-order valence-corrected chi connectivity index (χ2v) is 4.08. The van der Waals surface area contributed by atoms with E-state index in [1.165, 1.54) is 5.56 Å². The summed E-state index contributed by atoms with van der Waals surface area (Å²) in [5.74, 6) is 0.915. The summed E-state index contributed by atoms with van der Waals surface area (Å²) in [5.41, 5.74) is 1.19. The maximum atomic E-state index is 5.70. The van der Waals surface area contributed by atoms with Gasteiger partial charge in [-0.3, -0.25) is 4.98 Å². The molecule has 0 aliphatic rings. The van der Waals surface area contributed by atoms with Crippen LogP contribution >= 0.6 is 0 Å². The number of nitrogens with one attached hydrogen (secondary N) is 1. The summed E-state index contributed by atoms with van der Waals surface area (Å²) >= 11 is 0. The molecule has 0 amide bonds. The van der Waals surface area contributed by atoms with Gasteiger partial charge in [0.05, 0.1) is 6.61 Å². The fourth-order valence-corrected chi connectivity index (χ4v) is 1.87. The van der Waals surface area contributed by atoms with E-state index in [0.717, 1.165) is 12.2 Å². The van der Waals surface area contributed by atoms with Gasteiger partial charge < -0.3 is 10.1 Å². The predicted molar refractivity (Wildman–Crippen MR) is 72.6 cm³/mol. The summed E-state index contributed by atoms with van der Waals surface area (Å²) < 4.78 is 5.70. The van der Waals surface area contributed by atoms with Gasteiger partial charge in [-0.25, -0.2) is 0 Å². The molecule has 0 aliphatic carbocycles. The standard InChI is InChI=1S/C15H18N2O/c1-16-15(13-6-5-10-17-12-13)9-11-18-14-7-3-2-4-8-14/h2-8,10,12,15-16H,9,11H2,1H3. The maximum Gasteiger partial charge on any atom is 0.119 e. The zero-order chi connectivity index (χ0) is 12.6. The van der Waals surface area contributed by atoms with Crippen LogP contribution < -0.4 is 10.1 Å². The van der Waals surface area contributed by atoms with Crippen molar-refractivity contribution < 1.29 is 4.74 Å². The molecule has 2 aromatic rings. The molecule has 3 nitrogen and oxygen atoms in total. The third kappa shape index (κ3) is 3.57. The van der Waals surface area contributed by atoms with E-state index in [9.17, 15) is 0 Å². The van der Waals surface area contributed by atoms with Gasteiger partial charge in [-0.15, -0.1) is 0 Å². The molecule has 1 atom stereocenters. The summed E-state index contributed by atoms with van der Waals surface area (Å²) in [4.78, 5) is 4.14. The minimum absolute atomic E-state index is 0.280. The number of para-hydroxylation sites is 1. The molecule has 0 fully saturated rings. The highest BCUT2D eigenvalue weighted by Crippen LogP contribution is 2.16. The van der Waals surface area contributed by atoms with Crippen LogP contribution in [0.3, 0.4) is 0 Å². The molecule has 1 aromatic heterocycles. The van der Waals surface area contributed by atoms with Crippen LogP contribution in [0.4, 0.5) is 0 Å². The van der Waals surface area contributed by atoms with Gasteiger partial charge in [0.2, 0.25) is 0 Å². The van der Waals surface area contributed by atoms with E-state index in [-0.39, 0.29) is 6.04 Å². The van der Waals surface area contributed by atoms with Crippen molar-refractivity contribution in [3.8, 4) is 5.75 Å². The van der Waals surface area contributed by atoms with E-state index in [2.05, 4.69) is 16.4 Å². The normalized spacial score (nSPS) is 12.1. The number of pyridine rings is 1. The minimum Gasteiger partial charge on any atom is -0.494 e. The number of benzene rings is 1. The predicted octanol–water partition coefficient (Wildman–Crippen LogP) is 2.81. The van der Waals surface area contributed by atoms with Crippen molar-refractivity contribution >= 4 is 0 Å². The second kappa shape index (κ2) is 6.77. The Hall–Kier alpha value is -1.87. The van der Waals surface area contributed by atoms with Crippen molar-refractivity contribution in [2.24, 2.45) is 0 Å². The molecular weight excluding hydrogens is 224 g/mol. The number of hydrogen-bond donors (Lipinski definition) is 1. The van der Waals surface area contributed by atoms with Crippen molar-refractivity contribution in [3.05, 3.63) is 60.4 Å². The quantitative estimate of drug-likeness (QED) is 0.845. The van der Waals surface area contributed by atoms with Crippen LogP contribution in [0.25, 0.3) is 0 Å². The Morgan fingerprint density at radius 3 is 2.67 bits per heavy atom. The first kappa shape index (κ1) is 12.6. The van der Waals surface area contributed by atoms with Gasteiger partial charge in [0, 0.05) is 24.9 Å². The lowest BCUT2D eigenvalue weighted by atomic mass is 10.1. The van der Waals surface area contributed by atoms with Gasteiger partial charge in [-0.05, 0) is 30.8 Å². The zero-order valence-electron chi connectivity index (χ0n) is 10.5. The highest BCUT2D eigenvalue weighted by Gasteiger charge is 2.08. The third-order valence-electron chi connectivity index (χ3n) is 2.85. The summed E-state index contributed by atoms with van der Waals surface area (Å²) in [5, 5.41) is 3.28. The molecule has 1 heterocycles. The molecule has 0 aliphatic heterocycles. The minimum atomic E-state index is 0.280. The molecule has 3 heteroatoms. The first-order valence-corrected chi connectivity index (χ1v) is 6.15. The molecular formula is C15H18N2O. The Bertz CT molecular complexity index is 445. The summed E-state index contributed by atoms with van der Waals surface area (Å²) in [7, 11) is 1.96. The summed E-state index contributed by atoms with van der Waals surface area (Å²) in [6.07, 6.45) is 4.59. The topological polar surface area (TPSA) is 34.1 Å². The summed E-state index contributed by atoms with van der Waals surface area (Å²) in [6.45, 7) is 0.685.